The number of aromatic nitrogens is 1. The Bertz CT molecular complexity index is 407. The predicted molar refractivity (Wildman–Crippen MR) is 67.3 cm³/mol. The van der Waals surface area contributed by atoms with E-state index in [0.29, 0.717) is 5.69 Å². The maximum atomic E-state index is 9.41. The van der Waals surface area contributed by atoms with Gasteiger partial charge in [-0.05, 0) is 31.4 Å². The molecule has 1 aliphatic heterocycles. The van der Waals surface area contributed by atoms with E-state index in [0.717, 1.165) is 31.5 Å². The molecule has 2 heterocycles. The fourth-order valence-corrected chi connectivity index (χ4v) is 2.34. The summed E-state index contributed by atoms with van der Waals surface area (Å²) >= 11 is 0. The smallest absolute Gasteiger partial charge is 0.143 e. The van der Waals surface area contributed by atoms with Crippen LogP contribution in [0.15, 0.2) is 18.3 Å². The van der Waals surface area contributed by atoms with Gasteiger partial charge in [0.2, 0.25) is 0 Å². The van der Waals surface area contributed by atoms with Crippen molar-refractivity contribution in [1.29, 1.82) is 5.41 Å². The lowest BCUT2D eigenvalue weighted by molar-refractivity contribution is 0.240. The summed E-state index contributed by atoms with van der Waals surface area (Å²) in [6, 6.07) is 3.87. The summed E-state index contributed by atoms with van der Waals surface area (Å²) in [6.45, 7) is 1.02. The molecule has 1 fully saturated rings. The molecule has 0 bridgehead atoms. The first-order valence-electron chi connectivity index (χ1n) is 5.91. The highest BCUT2D eigenvalue weighted by molar-refractivity contribution is 5.98. The topological polar surface area (TPSA) is 86.2 Å². The van der Waals surface area contributed by atoms with E-state index in [1.807, 2.05) is 12.1 Å². The van der Waals surface area contributed by atoms with Crippen LogP contribution in [0.3, 0.4) is 0 Å². The fraction of sp³-hybridized carbons (Fsp3) is 0.500. The molecule has 0 amide bonds. The number of hydrogen-bond donors (Lipinski definition) is 3. The van der Waals surface area contributed by atoms with Crippen LogP contribution in [0.1, 0.15) is 25.0 Å². The second-order valence-corrected chi connectivity index (χ2v) is 4.31. The van der Waals surface area contributed by atoms with Crippen molar-refractivity contribution in [2.24, 2.45) is 5.73 Å². The van der Waals surface area contributed by atoms with Crippen LogP contribution in [0, 0.1) is 5.41 Å². The zero-order chi connectivity index (χ0) is 12.3. The van der Waals surface area contributed by atoms with Crippen LogP contribution in [-0.4, -0.2) is 35.1 Å². The summed E-state index contributed by atoms with van der Waals surface area (Å²) in [5.41, 5.74) is 6.91. The SMILES string of the molecule is N=C(N)c1ncccc1N1CCCCC1CO. The Morgan fingerprint density at radius 3 is 3.12 bits per heavy atom. The first-order valence-corrected chi connectivity index (χ1v) is 5.91. The standard InChI is InChI=1S/C12H18N4O/c13-12(14)11-10(5-3-6-15-11)16-7-2-1-4-9(16)8-17/h3,5-6,9,17H,1-2,4,7-8H2,(H3,13,14). The molecule has 5 nitrogen and oxygen atoms in total. The molecule has 1 aliphatic rings. The van der Waals surface area contributed by atoms with Gasteiger partial charge in [0.15, 0.2) is 0 Å². The molecule has 4 N–H and O–H groups in total. The lowest BCUT2D eigenvalue weighted by Gasteiger charge is -2.37. The van der Waals surface area contributed by atoms with E-state index in [1.165, 1.54) is 0 Å². The molecule has 2 rings (SSSR count). The lowest BCUT2D eigenvalue weighted by atomic mass is 10.0. The van der Waals surface area contributed by atoms with Gasteiger partial charge in [0.25, 0.3) is 0 Å². The molecule has 5 heteroatoms. The predicted octanol–water partition coefficient (Wildman–Crippen LogP) is 0.717. The van der Waals surface area contributed by atoms with Gasteiger partial charge in [-0.1, -0.05) is 0 Å². The highest BCUT2D eigenvalue weighted by Gasteiger charge is 2.24. The highest BCUT2D eigenvalue weighted by atomic mass is 16.3. The number of hydrogen-bond acceptors (Lipinski definition) is 4. The minimum atomic E-state index is -0.0251. The zero-order valence-electron chi connectivity index (χ0n) is 9.76. The minimum absolute atomic E-state index is 0.0251. The quantitative estimate of drug-likeness (QED) is 0.531. The summed E-state index contributed by atoms with van der Waals surface area (Å²) in [5.74, 6) is -0.0251. The molecule has 1 aromatic heterocycles. The number of pyridine rings is 1. The number of aliphatic hydroxyl groups is 1. The number of amidine groups is 1. The molecule has 1 unspecified atom stereocenters. The van der Waals surface area contributed by atoms with Crippen molar-refractivity contribution in [3.8, 4) is 0 Å². The number of rotatable bonds is 3. The molecule has 1 atom stereocenters. The second kappa shape index (κ2) is 5.14. The molecule has 1 saturated heterocycles. The van der Waals surface area contributed by atoms with E-state index in [4.69, 9.17) is 11.1 Å². The second-order valence-electron chi connectivity index (χ2n) is 4.31. The van der Waals surface area contributed by atoms with Crippen molar-refractivity contribution in [2.45, 2.75) is 25.3 Å². The molecule has 17 heavy (non-hydrogen) atoms. The minimum Gasteiger partial charge on any atom is -0.394 e. The van der Waals surface area contributed by atoms with E-state index in [2.05, 4.69) is 9.88 Å². The van der Waals surface area contributed by atoms with Gasteiger partial charge >= 0.3 is 0 Å². The molecular weight excluding hydrogens is 216 g/mol. The summed E-state index contributed by atoms with van der Waals surface area (Å²) in [5, 5.41) is 16.9. The van der Waals surface area contributed by atoms with Crippen LogP contribution in [0.25, 0.3) is 0 Å². The number of aliphatic hydroxyl groups excluding tert-OH is 1. The van der Waals surface area contributed by atoms with Crippen molar-refractivity contribution in [3.05, 3.63) is 24.0 Å². The summed E-state index contributed by atoms with van der Waals surface area (Å²) in [4.78, 5) is 6.27. The molecule has 0 aliphatic carbocycles. The highest BCUT2D eigenvalue weighted by Crippen LogP contribution is 2.26. The van der Waals surface area contributed by atoms with Crippen molar-refractivity contribution < 1.29 is 5.11 Å². The van der Waals surface area contributed by atoms with Gasteiger partial charge in [0.05, 0.1) is 18.3 Å². The maximum absolute atomic E-state index is 9.41. The first kappa shape index (κ1) is 11.9. The largest absolute Gasteiger partial charge is 0.394 e. The van der Waals surface area contributed by atoms with Crippen molar-refractivity contribution in [1.82, 2.24) is 4.98 Å². The van der Waals surface area contributed by atoms with Crippen molar-refractivity contribution in [2.75, 3.05) is 18.1 Å². The number of nitrogens with zero attached hydrogens (tertiary/aromatic N) is 2. The number of piperidine rings is 1. The molecule has 92 valence electrons. The first-order chi connectivity index (χ1) is 8.24. The Morgan fingerprint density at radius 2 is 2.41 bits per heavy atom. The van der Waals surface area contributed by atoms with E-state index in [1.54, 1.807) is 6.20 Å². The van der Waals surface area contributed by atoms with Crippen LogP contribution in [0.4, 0.5) is 5.69 Å². The molecule has 0 saturated carbocycles. The van der Waals surface area contributed by atoms with E-state index < -0.39 is 0 Å². The maximum Gasteiger partial charge on any atom is 0.143 e. The van der Waals surface area contributed by atoms with Crippen molar-refractivity contribution >= 4 is 11.5 Å². The lowest BCUT2D eigenvalue weighted by Crippen LogP contribution is -2.43. The molecule has 0 spiro atoms. The van der Waals surface area contributed by atoms with Gasteiger partial charge in [-0.25, -0.2) is 0 Å². The fourth-order valence-electron chi connectivity index (χ4n) is 2.34. The van der Waals surface area contributed by atoms with Crippen LogP contribution in [-0.2, 0) is 0 Å². The average molecular weight is 234 g/mol. The Morgan fingerprint density at radius 1 is 1.59 bits per heavy atom. The van der Waals surface area contributed by atoms with Gasteiger partial charge < -0.3 is 15.7 Å². The number of nitrogens with two attached hydrogens (primary N) is 1. The van der Waals surface area contributed by atoms with E-state index >= 15 is 0 Å². The van der Waals surface area contributed by atoms with Gasteiger partial charge in [-0.2, -0.15) is 0 Å². The van der Waals surface area contributed by atoms with Gasteiger partial charge in [-0.3, -0.25) is 10.4 Å². The third kappa shape index (κ3) is 2.39. The normalized spacial score (nSPS) is 20.3. The molecular formula is C12H18N4O. The van der Waals surface area contributed by atoms with Gasteiger partial charge in [-0.15, -0.1) is 0 Å². The van der Waals surface area contributed by atoms with Gasteiger partial charge in [0, 0.05) is 12.7 Å². The van der Waals surface area contributed by atoms with Crippen LogP contribution in [0.5, 0.6) is 0 Å². The van der Waals surface area contributed by atoms with Gasteiger partial charge in [0.1, 0.15) is 11.5 Å². The Balaban J connectivity index is 2.34. The Kier molecular flexibility index (Phi) is 3.58. The number of nitrogen functional groups attached to an aromatic ring is 1. The number of nitrogens with one attached hydrogen (secondary N) is 1. The number of anilines is 1. The van der Waals surface area contributed by atoms with Crippen LogP contribution < -0.4 is 10.6 Å². The summed E-state index contributed by atoms with van der Waals surface area (Å²) < 4.78 is 0. The third-order valence-corrected chi connectivity index (χ3v) is 3.19. The van der Waals surface area contributed by atoms with E-state index in [9.17, 15) is 5.11 Å². The van der Waals surface area contributed by atoms with Crippen LogP contribution >= 0.6 is 0 Å². The molecule has 1 aromatic rings. The molecule has 0 aromatic carbocycles. The Hall–Kier alpha value is -1.62. The molecule has 0 radical (unpaired) electrons. The zero-order valence-corrected chi connectivity index (χ0v) is 9.76. The monoisotopic (exact) mass is 234 g/mol. The van der Waals surface area contributed by atoms with E-state index in [-0.39, 0.29) is 18.5 Å². The summed E-state index contributed by atoms with van der Waals surface area (Å²) in [6.07, 6.45) is 4.85. The summed E-state index contributed by atoms with van der Waals surface area (Å²) in [7, 11) is 0. The average Bonchev–Trinajstić information content (AvgIpc) is 2.38. The van der Waals surface area contributed by atoms with Crippen LogP contribution in [0.2, 0.25) is 0 Å². The third-order valence-electron chi connectivity index (χ3n) is 3.19. The Labute approximate surface area is 101 Å². The van der Waals surface area contributed by atoms with Crippen molar-refractivity contribution in [3.63, 3.8) is 0 Å².